The Kier molecular flexibility index (Phi) is 6.50. The number of aromatic nitrogens is 1. The number of carbonyl (C=O) groups is 2. The summed E-state index contributed by atoms with van der Waals surface area (Å²) in [6, 6.07) is 11.5. The van der Waals surface area contributed by atoms with Gasteiger partial charge in [0, 0.05) is 12.6 Å². The van der Waals surface area contributed by atoms with Gasteiger partial charge in [0.15, 0.2) is 5.78 Å². The molecule has 1 aromatic carbocycles. The number of benzene rings is 1. The first kappa shape index (κ1) is 19.6. The van der Waals surface area contributed by atoms with Crippen molar-refractivity contribution >= 4 is 11.8 Å². The van der Waals surface area contributed by atoms with Gasteiger partial charge in [0.05, 0.1) is 6.42 Å². The molecule has 0 bridgehead atoms. The first-order valence-electron chi connectivity index (χ1n) is 8.63. The third-order valence-corrected chi connectivity index (χ3v) is 3.47. The molecule has 0 saturated heterocycles. The van der Waals surface area contributed by atoms with Crippen LogP contribution in [-0.2, 0) is 16.1 Å². The van der Waals surface area contributed by atoms with Gasteiger partial charge in [-0.3, -0.25) is 9.59 Å². The molecule has 0 amide bonds. The fourth-order valence-corrected chi connectivity index (χ4v) is 2.32. The smallest absolute Gasteiger partial charge is 0.306 e. The van der Waals surface area contributed by atoms with Crippen LogP contribution in [0.2, 0.25) is 0 Å². The molecule has 2 aromatic rings. The zero-order valence-corrected chi connectivity index (χ0v) is 15.7. The molecule has 0 N–H and O–H groups in total. The van der Waals surface area contributed by atoms with E-state index in [1.165, 1.54) is 0 Å². The highest BCUT2D eigenvalue weighted by molar-refractivity contribution is 5.98. The van der Waals surface area contributed by atoms with Crippen molar-refractivity contribution in [2.45, 2.75) is 52.7 Å². The van der Waals surface area contributed by atoms with Crippen molar-refractivity contribution in [3.63, 3.8) is 0 Å². The monoisotopic (exact) mass is 355 g/mol. The molecule has 26 heavy (non-hydrogen) atoms. The van der Waals surface area contributed by atoms with Gasteiger partial charge in [-0.15, -0.1) is 0 Å². The lowest BCUT2D eigenvalue weighted by molar-refractivity contribution is -0.154. The number of rotatable bonds is 7. The lowest BCUT2D eigenvalue weighted by Crippen LogP contribution is -2.24. The Hall–Kier alpha value is -2.69. The summed E-state index contributed by atoms with van der Waals surface area (Å²) in [5, 5.41) is 0. The molecule has 138 valence electrons. The second kappa shape index (κ2) is 8.61. The third-order valence-electron chi connectivity index (χ3n) is 3.47. The largest absolute Gasteiger partial charge is 0.486 e. The number of hydrogen-bond acceptors (Lipinski definition) is 5. The second-order valence-corrected chi connectivity index (χ2v) is 7.14. The van der Waals surface area contributed by atoms with Crippen LogP contribution in [0, 0.1) is 6.92 Å². The minimum Gasteiger partial charge on any atom is -0.486 e. The summed E-state index contributed by atoms with van der Waals surface area (Å²) in [7, 11) is 0. The zero-order valence-electron chi connectivity index (χ0n) is 15.7. The minimum absolute atomic E-state index is 0.0176. The fourth-order valence-electron chi connectivity index (χ4n) is 2.32. The van der Waals surface area contributed by atoms with E-state index in [-0.39, 0.29) is 24.3 Å². The highest BCUT2D eigenvalue weighted by atomic mass is 16.6. The van der Waals surface area contributed by atoms with Gasteiger partial charge >= 0.3 is 5.97 Å². The molecule has 0 saturated carbocycles. The molecule has 0 fully saturated rings. The van der Waals surface area contributed by atoms with E-state index in [1.54, 1.807) is 33.0 Å². The zero-order chi connectivity index (χ0) is 19.2. The van der Waals surface area contributed by atoms with Crippen molar-refractivity contribution < 1.29 is 19.1 Å². The number of ketones is 1. The molecular weight excluding hydrogens is 330 g/mol. The molecule has 0 aliphatic carbocycles. The van der Waals surface area contributed by atoms with E-state index in [2.05, 4.69) is 4.98 Å². The molecule has 2 rings (SSSR count). The Bertz CT molecular complexity index is 763. The molecule has 0 unspecified atom stereocenters. The first-order valence-corrected chi connectivity index (χ1v) is 8.63. The van der Waals surface area contributed by atoms with Gasteiger partial charge in [0.25, 0.3) is 0 Å². The van der Waals surface area contributed by atoms with Crippen molar-refractivity contribution in [1.82, 2.24) is 4.98 Å². The number of hydrogen-bond donors (Lipinski definition) is 0. The van der Waals surface area contributed by atoms with Gasteiger partial charge in [-0.05, 0) is 44.9 Å². The Morgan fingerprint density at radius 2 is 1.77 bits per heavy atom. The highest BCUT2D eigenvalue weighted by Gasteiger charge is 2.20. The summed E-state index contributed by atoms with van der Waals surface area (Å²) in [4.78, 5) is 28.5. The van der Waals surface area contributed by atoms with E-state index < -0.39 is 11.6 Å². The van der Waals surface area contributed by atoms with Crippen LogP contribution in [0.25, 0.3) is 0 Å². The highest BCUT2D eigenvalue weighted by Crippen LogP contribution is 2.21. The van der Waals surface area contributed by atoms with Crippen LogP contribution in [0.4, 0.5) is 0 Å². The first-order chi connectivity index (χ1) is 12.2. The molecule has 0 spiro atoms. The van der Waals surface area contributed by atoms with Gasteiger partial charge < -0.3 is 9.47 Å². The fraction of sp³-hybridized carbons (Fsp3) is 0.381. The van der Waals surface area contributed by atoms with Gasteiger partial charge in [-0.2, -0.15) is 0 Å². The number of aryl methyl sites for hydroxylation is 1. The molecular formula is C21H25NO4. The van der Waals surface area contributed by atoms with Gasteiger partial charge in [-0.25, -0.2) is 4.98 Å². The van der Waals surface area contributed by atoms with Gasteiger partial charge in [0.2, 0.25) is 0 Å². The van der Waals surface area contributed by atoms with Crippen molar-refractivity contribution in [3.05, 3.63) is 59.4 Å². The van der Waals surface area contributed by atoms with Crippen LogP contribution >= 0.6 is 0 Å². The predicted molar refractivity (Wildman–Crippen MR) is 99.2 cm³/mol. The van der Waals surface area contributed by atoms with Gasteiger partial charge in [0.1, 0.15) is 23.7 Å². The van der Waals surface area contributed by atoms with E-state index in [0.717, 1.165) is 11.1 Å². The quantitative estimate of drug-likeness (QED) is 0.548. The SMILES string of the molecule is Cc1cnc(C(=O)CCC(=O)OC(C)(C)C)c(OCc2ccccc2)c1. The summed E-state index contributed by atoms with van der Waals surface area (Å²) < 4.78 is 11.0. The number of carbonyl (C=O) groups excluding carboxylic acids is 2. The van der Waals surface area contributed by atoms with Crippen molar-refractivity contribution in [2.24, 2.45) is 0 Å². The van der Waals surface area contributed by atoms with Crippen LogP contribution in [0.15, 0.2) is 42.6 Å². The van der Waals surface area contributed by atoms with Crippen LogP contribution < -0.4 is 4.74 Å². The van der Waals surface area contributed by atoms with Crippen LogP contribution in [-0.4, -0.2) is 22.3 Å². The van der Waals surface area contributed by atoms with Crippen LogP contribution in [0.3, 0.4) is 0 Å². The predicted octanol–water partition coefficient (Wildman–Crippen LogP) is 4.27. The number of pyridine rings is 1. The Morgan fingerprint density at radius 1 is 1.08 bits per heavy atom. The molecule has 0 aliphatic rings. The molecule has 1 aromatic heterocycles. The summed E-state index contributed by atoms with van der Waals surface area (Å²) in [5.74, 6) is -0.202. The standard InChI is InChI=1S/C21H25NO4/c1-15-12-18(25-14-16-8-6-5-7-9-16)20(22-13-15)17(23)10-11-19(24)26-21(2,3)4/h5-9,12-13H,10-11,14H2,1-4H3. The maximum atomic E-state index is 12.5. The Balaban J connectivity index is 2.03. The van der Waals surface area contributed by atoms with Crippen LogP contribution in [0.1, 0.15) is 55.2 Å². The maximum Gasteiger partial charge on any atom is 0.306 e. The lowest BCUT2D eigenvalue weighted by atomic mass is 10.1. The third kappa shape index (κ3) is 6.31. The minimum atomic E-state index is -0.563. The van der Waals surface area contributed by atoms with Crippen molar-refractivity contribution in [3.8, 4) is 5.75 Å². The van der Waals surface area contributed by atoms with Crippen molar-refractivity contribution in [2.75, 3.05) is 0 Å². The molecule has 0 atom stereocenters. The topological polar surface area (TPSA) is 65.5 Å². The molecule has 0 radical (unpaired) electrons. The summed E-state index contributed by atoms with van der Waals surface area (Å²) >= 11 is 0. The summed E-state index contributed by atoms with van der Waals surface area (Å²) in [5.41, 5.74) is 1.58. The molecule has 5 nitrogen and oxygen atoms in total. The maximum absolute atomic E-state index is 12.5. The second-order valence-electron chi connectivity index (χ2n) is 7.14. The number of Topliss-reactive ketones (excluding diaryl/α,β-unsaturated/α-hetero) is 1. The molecule has 1 heterocycles. The van der Waals surface area contributed by atoms with E-state index in [4.69, 9.17) is 9.47 Å². The normalized spacial score (nSPS) is 11.1. The van der Waals surface area contributed by atoms with E-state index in [0.29, 0.717) is 12.4 Å². The summed E-state index contributed by atoms with van der Waals surface area (Å²) in [6.45, 7) is 7.62. The van der Waals surface area contributed by atoms with E-state index >= 15 is 0 Å². The van der Waals surface area contributed by atoms with E-state index in [1.807, 2.05) is 37.3 Å². The average molecular weight is 355 g/mol. The molecule has 0 aliphatic heterocycles. The van der Waals surface area contributed by atoms with Gasteiger partial charge in [-0.1, -0.05) is 30.3 Å². The Labute approximate surface area is 154 Å². The lowest BCUT2D eigenvalue weighted by Gasteiger charge is -2.19. The molecule has 5 heteroatoms. The number of ether oxygens (including phenoxy) is 2. The summed E-state index contributed by atoms with van der Waals surface area (Å²) in [6.07, 6.45) is 1.67. The van der Waals surface area contributed by atoms with Crippen LogP contribution in [0.5, 0.6) is 5.75 Å². The number of nitrogens with zero attached hydrogens (tertiary/aromatic N) is 1. The van der Waals surface area contributed by atoms with Crippen molar-refractivity contribution in [1.29, 1.82) is 0 Å². The van der Waals surface area contributed by atoms with E-state index in [9.17, 15) is 9.59 Å². The average Bonchev–Trinajstić information content (AvgIpc) is 2.57. The Morgan fingerprint density at radius 3 is 2.42 bits per heavy atom. The number of esters is 1.